The summed E-state index contributed by atoms with van der Waals surface area (Å²) in [4.78, 5) is 25.1. The van der Waals surface area contributed by atoms with Gasteiger partial charge in [0, 0.05) is 13.1 Å². The Labute approximate surface area is 128 Å². The van der Waals surface area contributed by atoms with Gasteiger partial charge in [0.1, 0.15) is 0 Å². The Hall–Kier alpha value is -1.87. The molecule has 122 valence electrons. The Morgan fingerprint density at radius 3 is 2.59 bits per heavy atom. The van der Waals surface area contributed by atoms with Crippen LogP contribution in [0.1, 0.15) is 24.4 Å². The quantitative estimate of drug-likeness (QED) is 0.824. The Morgan fingerprint density at radius 1 is 1.45 bits per heavy atom. The molecular formula is C13H18N2O6S. The standard InChI is InChI=1S/C13H18N2O6S/c1-8-6-15(7-13(8,2)12(17)18)11(16)9-4-5-10(21-9)22(19,20)14-3/h4-5,8,14H,6-7H2,1-3H3,(H,17,18)/t8-,13-/m1/s1. The number of furan rings is 1. The molecule has 1 saturated heterocycles. The van der Waals surface area contributed by atoms with Crippen molar-refractivity contribution < 1.29 is 27.5 Å². The third-order valence-corrected chi connectivity index (χ3v) is 5.49. The summed E-state index contributed by atoms with van der Waals surface area (Å²) in [6.07, 6.45) is 0. The maximum absolute atomic E-state index is 12.4. The smallest absolute Gasteiger partial charge is 0.311 e. The van der Waals surface area contributed by atoms with Gasteiger partial charge in [-0.2, -0.15) is 0 Å². The van der Waals surface area contributed by atoms with Crippen LogP contribution < -0.4 is 4.72 Å². The second kappa shape index (κ2) is 5.40. The van der Waals surface area contributed by atoms with E-state index in [1.807, 2.05) is 0 Å². The Balaban J connectivity index is 2.22. The van der Waals surface area contributed by atoms with E-state index in [2.05, 4.69) is 4.72 Å². The number of hydrogen-bond acceptors (Lipinski definition) is 5. The summed E-state index contributed by atoms with van der Waals surface area (Å²) in [7, 11) is -2.53. The first-order valence-electron chi connectivity index (χ1n) is 6.68. The summed E-state index contributed by atoms with van der Waals surface area (Å²) in [6, 6.07) is 2.46. The normalized spacial score (nSPS) is 25.4. The van der Waals surface area contributed by atoms with Gasteiger partial charge in [0.2, 0.25) is 5.09 Å². The van der Waals surface area contributed by atoms with Crippen LogP contribution in [0.4, 0.5) is 0 Å². The van der Waals surface area contributed by atoms with Gasteiger partial charge in [0.05, 0.1) is 5.41 Å². The zero-order valence-electron chi connectivity index (χ0n) is 12.5. The lowest BCUT2D eigenvalue weighted by Crippen LogP contribution is -2.36. The van der Waals surface area contributed by atoms with Gasteiger partial charge in [-0.1, -0.05) is 6.92 Å². The Bertz CT molecular complexity index is 710. The van der Waals surface area contributed by atoms with Crippen LogP contribution in [-0.2, 0) is 14.8 Å². The Kier molecular flexibility index (Phi) is 4.05. The zero-order chi connectivity index (χ0) is 16.7. The first-order chi connectivity index (χ1) is 10.1. The minimum Gasteiger partial charge on any atom is -0.481 e. The number of nitrogens with one attached hydrogen (secondary N) is 1. The molecular weight excluding hydrogens is 312 g/mol. The van der Waals surface area contributed by atoms with Crippen molar-refractivity contribution in [3.8, 4) is 0 Å². The van der Waals surface area contributed by atoms with Gasteiger partial charge < -0.3 is 14.4 Å². The number of carboxylic acid groups (broad SMARTS) is 1. The summed E-state index contributed by atoms with van der Waals surface area (Å²) in [5, 5.41) is 8.95. The highest BCUT2D eigenvalue weighted by Gasteiger charge is 2.48. The van der Waals surface area contributed by atoms with Crippen LogP contribution >= 0.6 is 0 Å². The predicted molar refractivity (Wildman–Crippen MR) is 75.8 cm³/mol. The van der Waals surface area contributed by atoms with E-state index in [9.17, 15) is 23.1 Å². The van der Waals surface area contributed by atoms with Crippen LogP contribution in [0.3, 0.4) is 0 Å². The van der Waals surface area contributed by atoms with E-state index in [1.165, 1.54) is 24.1 Å². The molecule has 0 radical (unpaired) electrons. The molecule has 2 rings (SSSR count). The number of nitrogens with zero attached hydrogens (tertiary/aromatic N) is 1. The second-order valence-electron chi connectivity index (χ2n) is 5.64. The summed E-state index contributed by atoms with van der Waals surface area (Å²) >= 11 is 0. The van der Waals surface area contributed by atoms with Crippen LogP contribution in [0.2, 0.25) is 0 Å². The fraction of sp³-hybridized carbons (Fsp3) is 0.538. The lowest BCUT2D eigenvalue weighted by atomic mass is 9.81. The molecule has 0 aliphatic carbocycles. The highest BCUT2D eigenvalue weighted by Crippen LogP contribution is 2.36. The molecule has 2 atom stereocenters. The average molecular weight is 330 g/mol. The number of aliphatic carboxylic acids is 1. The van der Waals surface area contributed by atoms with Gasteiger partial charge in [-0.3, -0.25) is 9.59 Å². The first-order valence-corrected chi connectivity index (χ1v) is 8.16. The predicted octanol–water partition coefficient (Wildman–Crippen LogP) is 0.370. The molecule has 0 saturated carbocycles. The van der Waals surface area contributed by atoms with E-state index in [-0.39, 0.29) is 29.9 Å². The molecule has 2 heterocycles. The van der Waals surface area contributed by atoms with Crippen molar-refractivity contribution >= 4 is 21.9 Å². The van der Waals surface area contributed by atoms with Crippen molar-refractivity contribution in [2.45, 2.75) is 18.9 Å². The number of carbonyl (C=O) groups is 2. The minimum atomic E-state index is -3.76. The maximum atomic E-state index is 12.4. The molecule has 1 aliphatic rings. The largest absolute Gasteiger partial charge is 0.481 e. The molecule has 1 amide bonds. The summed E-state index contributed by atoms with van der Waals surface area (Å²) < 4.78 is 30.4. The van der Waals surface area contributed by atoms with Gasteiger partial charge in [-0.05, 0) is 32.0 Å². The number of carbonyl (C=O) groups excluding carboxylic acids is 1. The number of amides is 1. The van der Waals surface area contributed by atoms with Gasteiger partial charge >= 0.3 is 5.97 Å². The van der Waals surface area contributed by atoms with E-state index in [0.29, 0.717) is 0 Å². The number of rotatable bonds is 4. The molecule has 1 aromatic rings. The van der Waals surface area contributed by atoms with Gasteiger partial charge in [0.15, 0.2) is 5.76 Å². The number of carboxylic acids is 1. The SMILES string of the molecule is CNS(=O)(=O)c1ccc(C(=O)N2C[C@@H](C)[C@](C)(C(=O)O)C2)o1. The second-order valence-corrected chi connectivity index (χ2v) is 7.45. The van der Waals surface area contributed by atoms with E-state index in [4.69, 9.17) is 4.42 Å². The molecule has 9 heteroatoms. The number of hydrogen-bond donors (Lipinski definition) is 2. The van der Waals surface area contributed by atoms with Crippen molar-refractivity contribution in [3.05, 3.63) is 17.9 Å². The topological polar surface area (TPSA) is 117 Å². The third-order valence-electron chi connectivity index (χ3n) is 4.20. The van der Waals surface area contributed by atoms with Crippen molar-refractivity contribution in [1.82, 2.24) is 9.62 Å². The van der Waals surface area contributed by atoms with Crippen LogP contribution in [0, 0.1) is 11.3 Å². The first kappa shape index (κ1) is 16.5. The molecule has 0 unspecified atom stereocenters. The maximum Gasteiger partial charge on any atom is 0.311 e. The molecule has 8 nitrogen and oxygen atoms in total. The average Bonchev–Trinajstić information content (AvgIpc) is 3.05. The molecule has 1 fully saturated rings. The summed E-state index contributed by atoms with van der Waals surface area (Å²) in [6.45, 7) is 3.68. The lowest BCUT2D eigenvalue weighted by molar-refractivity contribution is -0.148. The molecule has 0 spiro atoms. The number of sulfonamides is 1. The van der Waals surface area contributed by atoms with E-state index < -0.39 is 27.3 Å². The van der Waals surface area contributed by atoms with Crippen LogP contribution in [0.15, 0.2) is 21.6 Å². The van der Waals surface area contributed by atoms with Gasteiger partial charge in [-0.15, -0.1) is 0 Å². The summed E-state index contributed by atoms with van der Waals surface area (Å²) in [5.41, 5.74) is -1.03. The van der Waals surface area contributed by atoms with Gasteiger partial charge in [-0.25, -0.2) is 13.1 Å². The van der Waals surface area contributed by atoms with Gasteiger partial charge in [0.25, 0.3) is 15.9 Å². The molecule has 0 bridgehead atoms. The minimum absolute atomic E-state index is 0.0527. The fourth-order valence-corrected chi connectivity index (χ4v) is 3.07. The molecule has 22 heavy (non-hydrogen) atoms. The third kappa shape index (κ3) is 2.61. The lowest BCUT2D eigenvalue weighted by Gasteiger charge is -2.22. The monoisotopic (exact) mass is 330 g/mol. The van der Waals surface area contributed by atoms with Crippen LogP contribution in [-0.4, -0.2) is 50.4 Å². The van der Waals surface area contributed by atoms with Crippen molar-refractivity contribution in [2.24, 2.45) is 11.3 Å². The summed E-state index contributed by atoms with van der Waals surface area (Å²) in [5.74, 6) is -1.83. The molecule has 0 aromatic carbocycles. The van der Waals surface area contributed by atoms with Crippen molar-refractivity contribution in [1.29, 1.82) is 0 Å². The molecule has 1 aliphatic heterocycles. The van der Waals surface area contributed by atoms with E-state index in [1.54, 1.807) is 13.8 Å². The number of likely N-dealkylation sites (tertiary alicyclic amines) is 1. The highest BCUT2D eigenvalue weighted by molar-refractivity contribution is 7.89. The van der Waals surface area contributed by atoms with Crippen LogP contribution in [0.5, 0.6) is 0 Å². The Morgan fingerprint density at radius 2 is 2.09 bits per heavy atom. The van der Waals surface area contributed by atoms with Crippen LogP contribution in [0.25, 0.3) is 0 Å². The van der Waals surface area contributed by atoms with Crippen molar-refractivity contribution in [2.75, 3.05) is 20.1 Å². The highest BCUT2D eigenvalue weighted by atomic mass is 32.2. The van der Waals surface area contributed by atoms with Crippen molar-refractivity contribution in [3.63, 3.8) is 0 Å². The molecule has 2 N–H and O–H groups in total. The zero-order valence-corrected chi connectivity index (χ0v) is 13.3. The fourth-order valence-electron chi connectivity index (χ4n) is 2.42. The molecule has 1 aromatic heterocycles. The van der Waals surface area contributed by atoms with E-state index in [0.717, 1.165) is 0 Å². The van der Waals surface area contributed by atoms with E-state index >= 15 is 0 Å².